The Hall–Kier alpha value is -1.35. The molecule has 3 rings (SSSR count). The molecule has 0 radical (unpaired) electrons. The van der Waals surface area contributed by atoms with Gasteiger partial charge in [-0.15, -0.1) is 0 Å². The van der Waals surface area contributed by atoms with E-state index < -0.39 is 0 Å². The van der Waals surface area contributed by atoms with E-state index in [-0.39, 0.29) is 5.82 Å². The molecule has 0 fully saturated rings. The van der Waals surface area contributed by atoms with Crippen molar-refractivity contribution in [3.05, 3.63) is 35.8 Å². The van der Waals surface area contributed by atoms with E-state index in [2.05, 4.69) is 10.6 Å². The summed E-state index contributed by atoms with van der Waals surface area (Å²) in [6.07, 6.45) is 1.11. The van der Waals surface area contributed by atoms with Crippen LogP contribution in [0.25, 0.3) is 10.9 Å². The Kier molecular flexibility index (Phi) is 1.83. The van der Waals surface area contributed by atoms with Gasteiger partial charge in [0.25, 0.3) is 0 Å². The highest BCUT2D eigenvalue weighted by Gasteiger charge is 2.23. The molecule has 0 spiro atoms. The fourth-order valence-electron chi connectivity index (χ4n) is 2.52. The number of nitrogens with zero attached hydrogens (tertiary/aromatic N) is 1. The van der Waals surface area contributed by atoms with Crippen LogP contribution in [0, 0.1) is 5.82 Å². The molecule has 1 aromatic heterocycles. The molecule has 0 saturated heterocycles. The molecule has 15 heavy (non-hydrogen) atoms. The van der Waals surface area contributed by atoms with E-state index in [1.807, 2.05) is 6.07 Å². The van der Waals surface area contributed by atoms with Crippen molar-refractivity contribution in [3.63, 3.8) is 0 Å². The molecule has 1 aliphatic rings. The average Bonchev–Trinajstić information content (AvgIpc) is 2.74. The first-order valence-electron chi connectivity index (χ1n) is 5.28. The standard InChI is InChI=1S/C12H13FN2/c13-10-1-2-11-9(5-10)6-12-8(7-14)3-4-15(11)12/h1-2,5-6,8H,3-4,7,14H2. The minimum absolute atomic E-state index is 0.170. The van der Waals surface area contributed by atoms with E-state index in [1.54, 1.807) is 6.07 Å². The number of benzene rings is 1. The molecule has 0 aliphatic carbocycles. The Labute approximate surface area is 87.5 Å². The Morgan fingerprint density at radius 3 is 3.07 bits per heavy atom. The lowest BCUT2D eigenvalue weighted by molar-refractivity contribution is 0.629. The molecule has 1 unspecified atom stereocenters. The molecule has 0 saturated carbocycles. The Balaban J connectivity index is 2.25. The summed E-state index contributed by atoms with van der Waals surface area (Å²) in [5, 5.41) is 0.989. The molecule has 1 aliphatic heterocycles. The zero-order valence-electron chi connectivity index (χ0n) is 8.41. The number of hydrogen-bond acceptors (Lipinski definition) is 1. The molecule has 3 heteroatoms. The Morgan fingerprint density at radius 1 is 1.40 bits per heavy atom. The molecular weight excluding hydrogens is 191 g/mol. The van der Waals surface area contributed by atoms with Crippen LogP contribution in [0.5, 0.6) is 0 Å². The van der Waals surface area contributed by atoms with Crippen molar-refractivity contribution in [1.29, 1.82) is 0 Å². The summed E-state index contributed by atoms with van der Waals surface area (Å²) >= 11 is 0. The van der Waals surface area contributed by atoms with Crippen LogP contribution in [0.4, 0.5) is 4.39 Å². The summed E-state index contributed by atoms with van der Waals surface area (Å²) in [4.78, 5) is 0. The van der Waals surface area contributed by atoms with Crippen LogP contribution in [0.3, 0.4) is 0 Å². The first-order chi connectivity index (χ1) is 7.29. The predicted molar refractivity (Wildman–Crippen MR) is 58.3 cm³/mol. The van der Waals surface area contributed by atoms with E-state index >= 15 is 0 Å². The maximum absolute atomic E-state index is 13.0. The normalized spacial score (nSPS) is 19.7. The van der Waals surface area contributed by atoms with E-state index in [0.29, 0.717) is 12.5 Å². The molecule has 1 atom stereocenters. The van der Waals surface area contributed by atoms with Gasteiger partial charge in [0.05, 0.1) is 0 Å². The van der Waals surface area contributed by atoms with E-state index in [1.165, 1.54) is 11.8 Å². The second-order valence-electron chi connectivity index (χ2n) is 4.15. The van der Waals surface area contributed by atoms with Gasteiger partial charge in [0.2, 0.25) is 0 Å². The number of aryl methyl sites for hydroxylation is 1. The van der Waals surface area contributed by atoms with Gasteiger partial charge < -0.3 is 10.3 Å². The first kappa shape index (κ1) is 8.92. The molecule has 0 amide bonds. The minimum atomic E-state index is -0.170. The van der Waals surface area contributed by atoms with Crippen molar-refractivity contribution in [1.82, 2.24) is 4.57 Å². The highest BCUT2D eigenvalue weighted by Crippen LogP contribution is 2.33. The molecule has 1 aromatic carbocycles. The number of rotatable bonds is 1. The summed E-state index contributed by atoms with van der Waals surface area (Å²) < 4.78 is 15.3. The second-order valence-corrected chi connectivity index (χ2v) is 4.15. The van der Waals surface area contributed by atoms with Gasteiger partial charge in [-0.2, -0.15) is 0 Å². The number of nitrogens with two attached hydrogens (primary N) is 1. The van der Waals surface area contributed by atoms with E-state index in [0.717, 1.165) is 23.9 Å². The summed E-state index contributed by atoms with van der Waals surface area (Å²) in [7, 11) is 0. The summed E-state index contributed by atoms with van der Waals surface area (Å²) in [5.41, 5.74) is 8.10. The third kappa shape index (κ3) is 1.20. The molecule has 2 N–H and O–H groups in total. The van der Waals surface area contributed by atoms with Gasteiger partial charge in [-0.25, -0.2) is 4.39 Å². The highest BCUT2D eigenvalue weighted by molar-refractivity contribution is 5.82. The van der Waals surface area contributed by atoms with Gasteiger partial charge in [-0.05, 0) is 30.7 Å². The highest BCUT2D eigenvalue weighted by atomic mass is 19.1. The van der Waals surface area contributed by atoms with E-state index in [9.17, 15) is 4.39 Å². The molecular formula is C12H13FN2. The van der Waals surface area contributed by atoms with Crippen molar-refractivity contribution in [2.75, 3.05) is 6.54 Å². The first-order valence-corrected chi connectivity index (χ1v) is 5.28. The van der Waals surface area contributed by atoms with Crippen LogP contribution in [0.2, 0.25) is 0 Å². The van der Waals surface area contributed by atoms with E-state index in [4.69, 9.17) is 5.73 Å². The largest absolute Gasteiger partial charge is 0.344 e. The zero-order chi connectivity index (χ0) is 10.4. The molecule has 2 heterocycles. The fraction of sp³-hybridized carbons (Fsp3) is 0.333. The van der Waals surface area contributed by atoms with Crippen LogP contribution < -0.4 is 5.73 Å². The lowest BCUT2D eigenvalue weighted by Crippen LogP contribution is -2.08. The van der Waals surface area contributed by atoms with Crippen molar-refractivity contribution in [2.24, 2.45) is 5.73 Å². The van der Waals surface area contributed by atoms with Gasteiger partial charge in [0.15, 0.2) is 0 Å². The molecule has 78 valence electrons. The molecule has 0 bridgehead atoms. The second kappa shape index (κ2) is 3.07. The predicted octanol–water partition coefficient (Wildman–Crippen LogP) is 2.23. The third-order valence-electron chi connectivity index (χ3n) is 3.30. The van der Waals surface area contributed by atoms with Crippen LogP contribution in [-0.2, 0) is 6.54 Å². The van der Waals surface area contributed by atoms with Crippen molar-refractivity contribution < 1.29 is 4.39 Å². The van der Waals surface area contributed by atoms with Gasteiger partial charge in [-0.1, -0.05) is 0 Å². The van der Waals surface area contributed by atoms with Crippen molar-refractivity contribution >= 4 is 10.9 Å². The van der Waals surface area contributed by atoms with Gasteiger partial charge in [0.1, 0.15) is 5.82 Å². The summed E-state index contributed by atoms with van der Waals surface area (Å²) in [5.74, 6) is 0.275. The summed E-state index contributed by atoms with van der Waals surface area (Å²) in [6.45, 7) is 1.69. The average molecular weight is 204 g/mol. The number of hydrogen-bond donors (Lipinski definition) is 1. The topological polar surface area (TPSA) is 30.9 Å². The molecule has 2 aromatic rings. The SMILES string of the molecule is NCC1CCn2c1cc1cc(F)ccc12. The minimum Gasteiger partial charge on any atom is -0.344 e. The monoisotopic (exact) mass is 204 g/mol. The van der Waals surface area contributed by atoms with Crippen molar-refractivity contribution in [2.45, 2.75) is 18.9 Å². The van der Waals surface area contributed by atoms with Crippen LogP contribution in [0.1, 0.15) is 18.0 Å². The Morgan fingerprint density at radius 2 is 2.27 bits per heavy atom. The number of halogens is 1. The zero-order valence-corrected chi connectivity index (χ0v) is 8.41. The summed E-state index contributed by atoms with van der Waals surface area (Å²) in [6, 6.07) is 7.04. The van der Waals surface area contributed by atoms with Crippen LogP contribution in [0.15, 0.2) is 24.3 Å². The van der Waals surface area contributed by atoms with Gasteiger partial charge in [0, 0.05) is 35.6 Å². The maximum Gasteiger partial charge on any atom is 0.123 e. The van der Waals surface area contributed by atoms with Crippen LogP contribution in [-0.4, -0.2) is 11.1 Å². The van der Waals surface area contributed by atoms with Gasteiger partial charge >= 0.3 is 0 Å². The smallest absolute Gasteiger partial charge is 0.123 e. The fourth-order valence-corrected chi connectivity index (χ4v) is 2.52. The lowest BCUT2D eigenvalue weighted by atomic mass is 10.0. The maximum atomic E-state index is 13.0. The van der Waals surface area contributed by atoms with Gasteiger partial charge in [-0.3, -0.25) is 0 Å². The molecule has 2 nitrogen and oxygen atoms in total. The third-order valence-corrected chi connectivity index (χ3v) is 3.30. The number of aromatic nitrogens is 1. The van der Waals surface area contributed by atoms with Crippen LogP contribution >= 0.6 is 0 Å². The van der Waals surface area contributed by atoms with Crippen molar-refractivity contribution in [3.8, 4) is 0 Å². The lowest BCUT2D eigenvalue weighted by Gasteiger charge is -2.02. The number of fused-ring (bicyclic) bond motifs is 3. The Bertz CT molecular complexity index is 516. The quantitative estimate of drug-likeness (QED) is 0.758.